The van der Waals surface area contributed by atoms with Gasteiger partial charge in [-0.05, 0) is 39.7 Å². The number of para-hydroxylation sites is 1. The van der Waals surface area contributed by atoms with Crippen LogP contribution in [0.15, 0.2) is 46.4 Å². The van der Waals surface area contributed by atoms with Crippen LogP contribution >= 0.6 is 27.3 Å². The van der Waals surface area contributed by atoms with Crippen molar-refractivity contribution < 1.29 is 14.4 Å². The first-order chi connectivity index (χ1) is 12.5. The second kappa shape index (κ2) is 8.15. The fourth-order valence-corrected chi connectivity index (χ4v) is 3.67. The maximum Gasteiger partial charge on any atom is 0.261 e. The molecule has 0 saturated carbocycles. The Labute approximate surface area is 161 Å². The SMILES string of the molecule is O=C(CNC(=O)c1ccc(Br)s1)NNC(=O)Cc1c[nH]c2ccccc12. The Balaban J connectivity index is 1.44. The predicted octanol–water partition coefficient (Wildman–Crippen LogP) is 2.11. The summed E-state index contributed by atoms with van der Waals surface area (Å²) >= 11 is 4.54. The van der Waals surface area contributed by atoms with Gasteiger partial charge in [0.15, 0.2) is 0 Å². The zero-order valence-corrected chi connectivity index (χ0v) is 15.9. The second-order valence-corrected chi connectivity index (χ2v) is 7.88. The molecule has 0 aliphatic heterocycles. The molecule has 3 rings (SSSR count). The maximum absolute atomic E-state index is 12.0. The number of H-pyrrole nitrogens is 1. The molecule has 1 aromatic carbocycles. The minimum absolute atomic E-state index is 0.125. The molecule has 0 aliphatic carbocycles. The van der Waals surface area contributed by atoms with Crippen LogP contribution in [0.3, 0.4) is 0 Å². The number of carbonyl (C=O) groups excluding carboxylic acids is 3. The van der Waals surface area contributed by atoms with E-state index in [9.17, 15) is 14.4 Å². The van der Waals surface area contributed by atoms with Crippen molar-refractivity contribution in [2.75, 3.05) is 6.54 Å². The Morgan fingerprint density at radius 3 is 2.58 bits per heavy atom. The van der Waals surface area contributed by atoms with Gasteiger partial charge in [-0.25, -0.2) is 0 Å². The highest BCUT2D eigenvalue weighted by Gasteiger charge is 2.12. The van der Waals surface area contributed by atoms with Crippen molar-refractivity contribution in [2.24, 2.45) is 0 Å². The van der Waals surface area contributed by atoms with E-state index in [0.29, 0.717) is 4.88 Å². The summed E-state index contributed by atoms with van der Waals surface area (Å²) in [6, 6.07) is 11.1. The molecule has 0 spiro atoms. The quantitative estimate of drug-likeness (QED) is 0.462. The zero-order valence-electron chi connectivity index (χ0n) is 13.5. The summed E-state index contributed by atoms with van der Waals surface area (Å²) in [5.41, 5.74) is 6.41. The van der Waals surface area contributed by atoms with E-state index in [1.807, 2.05) is 24.3 Å². The lowest BCUT2D eigenvalue weighted by Gasteiger charge is -2.08. The molecule has 0 bridgehead atoms. The number of thiophene rings is 1. The average molecular weight is 435 g/mol. The van der Waals surface area contributed by atoms with Gasteiger partial charge in [0.05, 0.1) is 21.6 Å². The molecule has 0 saturated heterocycles. The molecule has 4 N–H and O–H groups in total. The lowest BCUT2D eigenvalue weighted by atomic mass is 10.1. The minimum atomic E-state index is -0.513. The third kappa shape index (κ3) is 4.50. The van der Waals surface area contributed by atoms with E-state index in [-0.39, 0.29) is 24.8 Å². The van der Waals surface area contributed by atoms with E-state index < -0.39 is 5.91 Å². The first-order valence-corrected chi connectivity index (χ1v) is 9.30. The van der Waals surface area contributed by atoms with Crippen molar-refractivity contribution in [3.63, 3.8) is 0 Å². The summed E-state index contributed by atoms with van der Waals surface area (Å²) in [7, 11) is 0. The van der Waals surface area contributed by atoms with E-state index in [1.54, 1.807) is 18.3 Å². The van der Waals surface area contributed by atoms with Crippen molar-refractivity contribution >= 4 is 55.9 Å². The predicted molar refractivity (Wildman–Crippen MR) is 103 cm³/mol. The number of benzene rings is 1. The Hall–Kier alpha value is -2.65. The Bertz CT molecular complexity index is 966. The molecule has 9 heteroatoms. The molecule has 3 amide bonds. The molecule has 134 valence electrons. The summed E-state index contributed by atoms with van der Waals surface area (Å²) in [5.74, 6) is -1.21. The normalized spacial score (nSPS) is 10.5. The van der Waals surface area contributed by atoms with Gasteiger partial charge in [-0.1, -0.05) is 18.2 Å². The van der Waals surface area contributed by atoms with Gasteiger partial charge < -0.3 is 10.3 Å². The van der Waals surface area contributed by atoms with Crippen molar-refractivity contribution in [1.82, 2.24) is 21.2 Å². The smallest absolute Gasteiger partial charge is 0.261 e. The minimum Gasteiger partial charge on any atom is -0.361 e. The van der Waals surface area contributed by atoms with Crippen molar-refractivity contribution in [3.05, 3.63) is 56.8 Å². The molecular formula is C17H15BrN4O3S. The van der Waals surface area contributed by atoms with Crippen LogP contribution in [0.1, 0.15) is 15.2 Å². The van der Waals surface area contributed by atoms with Crippen LogP contribution in [0, 0.1) is 0 Å². The molecule has 26 heavy (non-hydrogen) atoms. The van der Waals surface area contributed by atoms with Gasteiger partial charge in [0.1, 0.15) is 0 Å². The standard InChI is InChI=1S/C17H15BrN4O3S/c18-14-6-5-13(26-14)17(25)20-9-16(24)22-21-15(23)7-10-8-19-12-4-2-1-3-11(10)12/h1-6,8,19H,7,9H2,(H,20,25)(H,21,23)(H,22,24). The number of hydrogen-bond donors (Lipinski definition) is 4. The van der Waals surface area contributed by atoms with Gasteiger partial charge in [0.25, 0.3) is 11.8 Å². The van der Waals surface area contributed by atoms with Crippen LogP contribution in [0.5, 0.6) is 0 Å². The fourth-order valence-electron chi connectivity index (χ4n) is 2.36. The van der Waals surface area contributed by atoms with Gasteiger partial charge >= 0.3 is 0 Å². The molecule has 0 aliphatic rings. The molecule has 0 unspecified atom stereocenters. The van der Waals surface area contributed by atoms with Crippen LogP contribution in [0.2, 0.25) is 0 Å². The molecule has 0 atom stereocenters. The highest BCUT2D eigenvalue weighted by molar-refractivity contribution is 9.11. The van der Waals surface area contributed by atoms with Gasteiger partial charge in [-0.3, -0.25) is 25.2 Å². The van der Waals surface area contributed by atoms with E-state index in [2.05, 4.69) is 37.1 Å². The summed E-state index contributed by atoms with van der Waals surface area (Å²) in [4.78, 5) is 39.2. The number of rotatable bonds is 5. The number of hydrazine groups is 1. The maximum atomic E-state index is 12.0. The molecule has 2 heterocycles. The van der Waals surface area contributed by atoms with Gasteiger partial charge in [0, 0.05) is 17.1 Å². The summed E-state index contributed by atoms with van der Waals surface area (Å²) < 4.78 is 0.830. The monoisotopic (exact) mass is 434 g/mol. The number of hydrogen-bond acceptors (Lipinski definition) is 4. The summed E-state index contributed by atoms with van der Waals surface area (Å²) in [5, 5.41) is 3.45. The van der Waals surface area contributed by atoms with E-state index in [0.717, 1.165) is 20.3 Å². The van der Waals surface area contributed by atoms with Gasteiger partial charge in [-0.15, -0.1) is 11.3 Å². The third-order valence-corrected chi connectivity index (χ3v) is 5.20. The number of amides is 3. The summed E-state index contributed by atoms with van der Waals surface area (Å²) in [6.07, 6.45) is 1.89. The van der Waals surface area contributed by atoms with Gasteiger partial charge in [0.2, 0.25) is 5.91 Å². The Morgan fingerprint density at radius 2 is 1.81 bits per heavy atom. The molecule has 7 nitrogen and oxygen atoms in total. The number of halogens is 1. The van der Waals surface area contributed by atoms with Crippen molar-refractivity contribution in [1.29, 1.82) is 0 Å². The largest absolute Gasteiger partial charge is 0.361 e. The second-order valence-electron chi connectivity index (χ2n) is 5.42. The van der Waals surface area contributed by atoms with Gasteiger partial charge in [-0.2, -0.15) is 0 Å². The van der Waals surface area contributed by atoms with Crippen molar-refractivity contribution in [2.45, 2.75) is 6.42 Å². The van der Waals surface area contributed by atoms with Crippen LogP contribution in [0.25, 0.3) is 10.9 Å². The van der Waals surface area contributed by atoms with E-state index in [1.165, 1.54) is 11.3 Å². The van der Waals surface area contributed by atoms with E-state index >= 15 is 0 Å². The summed E-state index contributed by atoms with van der Waals surface area (Å²) in [6.45, 7) is -0.234. The Morgan fingerprint density at radius 1 is 1.04 bits per heavy atom. The first kappa shape index (κ1) is 18.2. The number of carbonyl (C=O) groups is 3. The topological polar surface area (TPSA) is 103 Å². The van der Waals surface area contributed by atoms with Crippen LogP contribution in [-0.2, 0) is 16.0 Å². The highest BCUT2D eigenvalue weighted by atomic mass is 79.9. The zero-order chi connectivity index (χ0) is 18.5. The lowest BCUT2D eigenvalue weighted by molar-refractivity contribution is -0.128. The first-order valence-electron chi connectivity index (χ1n) is 7.69. The number of fused-ring (bicyclic) bond motifs is 1. The third-order valence-electron chi connectivity index (χ3n) is 3.57. The molecule has 3 aromatic rings. The molecular weight excluding hydrogens is 420 g/mol. The van der Waals surface area contributed by atoms with Crippen molar-refractivity contribution in [3.8, 4) is 0 Å². The van der Waals surface area contributed by atoms with Crippen LogP contribution in [-0.4, -0.2) is 29.3 Å². The average Bonchev–Trinajstić information content (AvgIpc) is 3.25. The molecule has 0 fully saturated rings. The lowest BCUT2D eigenvalue weighted by Crippen LogP contribution is -2.46. The fraction of sp³-hybridized carbons (Fsp3) is 0.118. The molecule has 0 radical (unpaired) electrons. The number of nitrogens with one attached hydrogen (secondary N) is 4. The van der Waals surface area contributed by atoms with E-state index in [4.69, 9.17) is 0 Å². The Kier molecular flexibility index (Phi) is 5.69. The number of aromatic nitrogens is 1. The highest BCUT2D eigenvalue weighted by Crippen LogP contribution is 2.21. The molecule has 2 aromatic heterocycles. The van der Waals surface area contributed by atoms with Crippen LogP contribution < -0.4 is 16.2 Å². The van der Waals surface area contributed by atoms with Crippen LogP contribution in [0.4, 0.5) is 0 Å². The number of aromatic amines is 1.